The molecule has 0 amide bonds. The Balaban J connectivity index is 2.59. The lowest BCUT2D eigenvalue weighted by atomic mass is 10.1. The standard InChI is InChI=1S/C16H25NO3/c1-5-17(10-13(4)16(18)19)11-14-6-8-15(9-7-14)20-12(2)3/h6-9,12-13H,5,10-11H2,1-4H3,(H,18,19). The van der Waals surface area contributed by atoms with Crippen molar-refractivity contribution in [3.05, 3.63) is 29.8 Å². The van der Waals surface area contributed by atoms with Gasteiger partial charge in [-0.3, -0.25) is 9.69 Å². The lowest BCUT2D eigenvalue weighted by molar-refractivity contribution is -0.141. The van der Waals surface area contributed by atoms with Crippen LogP contribution in [0.3, 0.4) is 0 Å². The van der Waals surface area contributed by atoms with Gasteiger partial charge in [-0.05, 0) is 38.1 Å². The molecule has 0 aliphatic carbocycles. The van der Waals surface area contributed by atoms with Gasteiger partial charge in [-0.1, -0.05) is 26.0 Å². The second-order valence-corrected chi connectivity index (χ2v) is 5.38. The molecule has 4 nitrogen and oxygen atoms in total. The van der Waals surface area contributed by atoms with Crippen LogP contribution in [0.25, 0.3) is 0 Å². The van der Waals surface area contributed by atoms with E-state index in [1.165, 1.54) is 5.56 Å². The summed E-state index contributed by atoms with van der Waals surface area (Å²) in [7, 11) is 0. The van der Waals surface area contributed by atoms with Crippen molar-refractivity contribution in [3.8, 4) is 5.75 Å². The van der Waals surface area contributed by atoms with E-state index >= 15 is 0 Å². The Bertz CT molecular complexity index is 414. The lowest BCUT2D eigenvalue weighted by Gasteiger charge is -2.22. The van der Waals surface area contributed by atoms with Crippen molar-refractivity contribution in [1.82, 2.24) is 4.90 Å². The van der Waals surface area contributed by atoms with Crippen LogP contribution in [0.1, 0.15) is 33.3 Å². The maximum atomic E-state index is 10.9. The minimum Gasteiger partial charge on any atom is -0.491 e. The molecular formula is C16H25NO3. The molecule has 0 fully saturated rings. The number of nitrogens with zero attached hydrogens (tertiary/aromatic N) is 1. The molecule has 0 aliphatic rings. The molecule has 1 rings (SSSR count). The minimum absolute atomic E-state index is 0.171. The van der Waals surface area contributed by atoms with Crippen molar-refractivity contribution in [2.24, 2.45) is 5.92 Å². The van der Waals surface area contributed by atoms with E-state index < -0.39 is 5.97 Å². The molecular weight excluding hydrogens is 254 g/mol. The van der Waals surface area contributed by atoms with Crippen molar-refractivity contribution >= 4 is 5.97 Å². The molecule has 1 unspecified atom stereocenters. The number of ether oxygens (including phenoxy) is 1. The highest BCUT2D eigenvalue weighted by molar-refractivity contribution is 5.69. The van der Waals surface area contributed by atoms with Gasteiger partial charge in [0.05, 0.1) is 12.0 Å². The van der Waals surface area contributed by atoms with Gasteiger partial charge in [0.1, 0.15) is 5.75 Å². The van der Waals surface area contributed by atoms with E-state index in [-0.39, 0.29) is 12.0 Å². The molecule has 0 radical (unpaired) electrons. The van der Waals surface area contributed by atoms with Crippen molar-refractivity contribution < 1.29 is 14.6 Å². The number of hydrogen-bond donors (Lipinski definition) is 1. The molecule has 0 heterocycles. The van der Waals surface area contributed by atoms with E-state index in [1.54, 1.807) is 6.92 Å². The largest absolute Gasteiger partial charge is 0.491 e. The third kappa shape index (κ3) is 5.61. The average Bonchev–Trinajstić information content (AvgIpc) is 2.39. The summed E-state index contributed by atoms with van der Waals surface area (Å²) in [5.74, 6) is -0.228. The summed E-state index contributed by atoms with van der Waals surface area (Å²) < 4.78 is 5.61. The number of aliphatic carboxylic acids is 1. The first kappa shape index (κ1) is 16.5. The zero-order valence-electron chi connectivity index (χ0n) is 12.8. The van der Waals surface area contributed by atoms with Gasteiger partial charge in [-0.2, -0.15) is 0 Å². The molecule has 0 bridgehead atoms. The fourth-order valence-electron chi connectivity index (χ4n) is 1.97. The smallest absolute Gasteiger partial charge is 0.307 e. The number of carboxylic acids is 1. The summed E-state index contributed by atoms with van der Waals surface area (Å²) in [6.45, 7) is 9.95. The maximum absolute atomic E-state index is 10.9. The van der Waals surface area contributed by atoms with Gasteiger partial charge in [0, 0.05) is 13.1 Å². The zero-order chi connectivity index (χ0) is 15.1. The van der Waals surface area contributed by atoms with Gasteiger partial charge in [-0.15, -0.1) is 0 Å². The van der Waals surface area contributed by atoms with Crippen LogP contribution in [0.4, 0.5) is 0 Å². The van der Waals surface area contributed by atoms with Crippen LogP contribution in [-0.2, 0) is 11.3 Å². The second kappa shape index (κ2) is 7.90. The first-order valence-electron chi connectivity index (χ1n) is 7.13. The molecule has 1 atom stereocenters. The number of hydrogen-bond acceptors (Lipinski definition) is 3. The molecule has 0 aromatic heterocycles. The van der Waals surface area contributed by atoms with Crippen LogP contribution in [-0.4, -0.2) is 35.2 Å². The number of benzene rings is 1. The fourth-order valence-corrected chi connectivity index (χ4v) is 1.97. The van der Waals surface area contributed by atoms with Gasteiger partial charge in [-0.25, -0.2) is 0 Å². The van der Waals surface area contributed by atoms with Gasteiger partial charge in [0.15, 0.2) is 0 Å². The average molecular weight is 279 g/mol. The maximum Gasteiger partial charge on any atom is 0.307 e. The Hall–Kier alpha value is -1.55. The van der Waals surface area contributed by atoms with Gasteiger partial charge in [0.2, 0.25) is 0 Å². The third-order valence-corrected chi connectivity index (χ3v) is 3.10. The summed E-state index contributed by atoms with van der Waals surface area (Å²) in [6.07, 6.45) is 0.171. The van der Waals surface area contributed by atoms with Crippen molar-refractivity contribution in [2.45, 2.75) is 40.3 Å². The van der Waals surface area contributed by atoms with E-state index in [1.807, 2.05) is 45.0 Å². The topological polar surface area (TPSA) is 49.8 Å². The van der Waals surface area contributed by atoms with Gasteiger partial charge in [0.25, 0.3) is 0 Å². The highest BCUT2D eigenvalue weighted by Gasteiger charge is 2.15. The number of carboxylic acid groups (broad SMARTS) is 1. The van der Waals surface area contributed by atoms with E-state index in [4.69, 9.17) is 9.84 Å². The van der Waals surface area contributed by atoms with Crippen LogP contribution in [0.5, 0.6) is 5.75 Å². The minimum atomic E-state index is -0.746. The lowest BCUT2D eigenvalue weighted by Crippen LogP contribution is -2.31. The molecule has 4 heteroatoms. The third-order valence-electron chi connectivity index (χ3n) is 3.10. The summed E-state index contributed by atoms with van der Waals surface area (Å²) in [6, 6.07) is 7.99. The van der Waals surface area contributed by atoms with Crippen LogP contribution >= 0.6 is 0 Å². The summed E-state index contributed by atoms with van der Waals surface area (Å²) in [4.78, 5) is 13.0. The summed E-state index contributed by atoms with van der Waals surface area (Å²) in [5, 5.41) is 8.97. The molecule has 0 saturated heterocycles. The van der Waals surface area contributed by atoms with Crippen LogP contribution < -0.4 is 4.74 Å². The van der Waals surface area contributed by atoms with E-state index in [0.29, 0.717) is 6.54 Å². The Morgan fingerprint density at radius 3 is 2.30 bits per heavy atom. The predicted molar refractivity (Wildman–Crippen MR) is 80.0 cm³/mol. The SMILES string of the molecule is CCN(Cc1ccc(OC(C)C)cc1)CC(C)C(=O)O. The first-order chi connectivity index (χ1) is 9.42. The van der Waals surface area contributed by atoms with E-state index in [9.17, 15) is 4.79 Å². The van der Waals surface area contributed by atoms with Crippen LogP contribution in [0.2, 0.25) is 0 Å². The molecule has 1 aromatic carbocycles. The summed E-state index contributed by atoms with van der Waals surface area (Å²) >= 11 is 0. The highest BCUT2D eigenvalue weighted by atomic mass is 16.5. The van der Waals surface area contributed by atoms with Crippen LogP contribution in [0.15, 0.2) is 24.3 Å². The Morgan fingerprint density at radius 1 is 1.25 bits per heavy atom. The molecule has 0 spiro atoms. The predicted octanol–water partition coefficient (Wildman–Crippen LogP) is 3.02. The second-order valence-electron chi connectivity index (χ2n) is 5.38. The molecule has 1 N–H and O–H groups in total. The quantitative estimate of drug-likeness (QED) is 0.794. The van der Waals surface area contributed by atoms with Crippen molar-refractivity contribution in [2.75, 3.05) is 13.1 Å². The van der Waals surface area contributed by atoms with Crippen molar-refractivity contribution in [3.63, 3.8) is 0 Å². The Morgan fingerprint density at radius 2 is 1.85 bits per heavy atom. The van der Waals surface area contributed by atoms with Crippen LogP contribution in [0, 0.1) is 5.92 Å². The first-order valence-corrected chi connectivity index (χ1v) is 7.13. The monoisotopic (exact) mass is 279 g/mol. The summed E-state index contributed by atoms with van der Waals surface area (Å²) in [5.41, 5.74) is 1.17. The zero-order valence-corrected chi connectivity index (χ0v) is 12.8. The fraction of sp³-hybridized carbons (Fsp3) is 0.562. The molecule has 20 heavy (non-hydrogen) atoms. The normalized spacial score (nSPS) is 12.7. The van der Waals surface area contributed by atoms with E-state index in [0.717, 1.165) is 18.8 Å². The number of rotatable bonds is 8. The van der Waals surface area contributed by atoms with Gasteiger partial charge >= 0.3 is 5.97 Å². The molecule has 0 aliphatic heterocycles. The highest BCUT2D eigenvalue weighted by Crippen LogP contribution is 2.15. The molecule has 0 saturated carbocycles. The van der Waals surface area contributed by atoms with Crippen molar-refractivity contribution in [1.29, 1.82) is 0 Å². The number of carbonyl (C=O) groups is 1. The Labute approximate surface area is 121 Å². The molecule has 1 aromatic rings. The van der Waals surface area contributed by atoms with E-state index in [2.05, 4.69) is 4.90 Å². The molecule has 112 valence electrons. The Kier molecular flexibility index (Phi) is 6.52. The van der Waals surface area contributed by atoms with Gasteiger partial charge < -0.3 is 9.84 Å².